The van der Waals surface area contributed by atoms with E-state index in [0.717, 1.165) is 5.56 Å². The van der Waals surface area contributed by atoms with Crippen molar-refractivity contribution in [2.75, 3.05) is 0 Å². The summed E-state index contributed by atoms with van der Waals surface area (Å²) in [7, 11) is 0. The number of aliphatic hydroxyl groups excluding tert-OH is 2. The smallest absolute Gasteiger partial charge is 0.326 e. The highest BCUT2D eigenvalue weighted by molar-refractivity contribution is 5.92. The fourth-order valence-corrected chi connectivity index (χ4v) is 2.48. The van der Waals surface area contributed by atoms with Crippen molar-refractivity contribution in [3.05, 3.63) is 71.8 Å². The van der Waals surface area contributed by atoms with Crippen LogP contribution < -0.4 is 10.6 Å². The molecule has 5 N–H and O–H groups in total. The lowest BCUT2D eigenvalue weighted by Crippen LogP contribution is -2.53. The van der Waals surface area contributed by atoms with Gasteiger partial charge in [0.15, 0.2) is 12.2 Å². The summed E-state index contributed by atoms with van der Waals surface area (Å²) in [5.41, 5.74) is 1.45. The second-order valence-corrected chi connectivity index (χ2v) is 6.18. The Morgan fingerprint density at radius 2 is 1.29 bits per heavy atom. The molecule has 2 amide bonds. The first-order valence-corrected chi connectivity index (χ1v) is 8.63. The van der Waals surface area contributed by atoms with E-state index in [1.54, 1.807) is 54.6 Å². The van der Waals surface area contributed by atoms with E-state index in [4.69, 9.17) is 0 Å². The molecule has 2 aromatic carbocycles. The lowest BCUT2D eigenvalue weighted by atomic mass is 10.1. The van der Waals surface area contributed by atoms with Gasteiger partial charge in [0, 0.05) is 13.0 Å². The zero-order chi connectivity index (χ0) is 20.5. The molecule has 0 radical (unpaired) electrons. The van der Waals surface area contributed by atoms with E-state index in [9.17, 15) is 29.7 Å². The van der Waals surface area contributed by atoms with Crippen LogP contribution in [0.5, 0.6) is 0 Å². The van der Waals surface area contributed by atoms with Crippen LogP contribution >= 0.6 is 0 Å². The minimum atomic E-state index is -2.10. The molecular formula is C20H22N2O6. The Morgan fingerprint density at radius 1 is 0.786 bits per heavy atom. The zero-order valence-electron chi connectivity index (χ0n) is 15.0. The van der Waals surface area contributed by atoms with Gasteiger partial charge in [-0.1, -0.05) is 60.7 Å². The van der Waals surface area contributed by atoms with Crippen molar-refractivity contribution in [2.24, 2.45) is 0 Å². The van der Waals surface area contributed by atoms with Crippen molar-refractivity contribution in [1.82, 2.24) is 10.6 Å². The molecule has 0 saturated heterocycles. The van der Waals surface area contributed by atoms with Gasteiger partial charge >= 0.3 is 5.97 Å². The average molecular weight is 386 g/mol. The quantitative estimate of drug-likeness (QED) is 0.406. The van der Waals surface area contributed by atoms with E-state index in [2.05, 4.69) is 10.6 Å². The molecule has 0 aromatic heterocycles. The number of aliphatic carboxylic acids is 1. The van der Waals surface area contributed by atoms with Crippen LogP contribution in [0.1, 0.15) is 11.1 Å². The highest BCUT2D eigenvalue weighted by atomic mass is 16.4. The first-order valence-electron chi connectivity index (χ1n) is 8.63. The van der Waals surface area contributed by atoms with E-state index in [0.29, 0.717) is 5.56 Å². The molecule has 2 aromatic rings. The van der Waals surface area contributed by atoms with Gasteiger partial charge in [-0.05, 0) is 11.1 Å². The number of benzene rings is 2. The van der Waals surface area contributed by atoms with Crippen molar-refractivity contribution in [3.8, 4) is 0 Å². The van der Waals surface area contributed by atoms with Gasteiger partial charge < -0.3 is 26.0 Å². The van der Waals surface area contributed by atoms with Gasteiger partial charge in [-0.2, -0.15) is 0 Å². The highest BCUT2D eigenvalue weighted by Gasteiger charge is 2.32. The number of nitrogens with one attached hydrogen (secondary N) is 2. The van der Waals surface area contributed by atoms with E-state index < -0.39 is 36.0 Å². The highest BCUT2D eigenvalue weighted by Crippen LogP contribution is 2.05. The standard InChI is InChI=1S/C20H22N2O6/c23-16(18(25)21-12-14-9-5-2-6-10-14)17(24)19(26)22-15(20(27)28)11-13-7-3-1-4-8-13/h1-10,15-17,23-24H,11-12H2,(H,21,25)(H,22,26)(H,27,28)/t15-,16?,17?/m1/s1. The molecule has 8 nitrogen and oxygen atoms in total. The first-order chi connectivity index (χ1) is 13.4. The van der Waals surface area contributed by atoms with E-state index in [1.807, 2.05) is 6.07 Å². The third-order valence-electron chi connectivity index (χ3n) is 4.04. The zero-order valence-corrected chi connectivity index (χ0v) is 15.0. The molecule has 28 heavy (non-hydrogen) atoms. The SMILES string of the molecule is O=C(NCc1ccccc1)C(O)C(O)C(=O)N[C@H](Cc1ccccc1)C(=O)O. The summed E-state index contributed by atoms with van der Waals surface area (Å²) in [6, 6.07) is 16.2. The molecule has 2 rings (SSSR count). The van der Waals surface area contributed by atoms with Crippen LogP contribution in [0.2, 0.25) is 0 Å². The molecule has 0 spiro atoms. The van der Waals surface area contributed by atoms with Crippen LogP contribution in [0, 0.1) is 0 Å². The molecule has 148 valence electrons. The van der Waals surface area contributed by atoms with Crippen molar-refractivity contribution in [1.29, 1.82) is 0 Å². The Labute approximate surface area is 161 Å². The summed E-state index contributed by atoms with van der Waals surface area (Å²) in [5, 5.41) is 33.7. The molecule has 0 aliphatic rings. The lowest BCUT2D eigenvalue weighted by molar-refractivity contribution is -0.149. The maximum absolute atomic E-state index is 12.1. The van der Waals surface area contributed by atoms with E-state index >= 15 is 0 Å². The van der Waals surface area contributed by atoms with E-state index in [-0.39, 0.29) is 13.0 Å². The molecule has 8 heteroatoms. The molecule has 3 atom stereocenters. The minimum absolute atomic E-state index is 0.00900. The Bertz CT molecular complexity index is 797. The summed E-state index contributed by atoms with van der Waals surface area (Å²) in [6.45, 7) is 0.108. The average Bonchev–Trinajstić information content (AvgIpc) is 2.71. The number of carbonyl (C=O) groups is 3. The van der Waals surface area contributed by atoms with Crippen LogP contribution in [0.15, 0.2) is 60.7 Å². The number of hydrogen-bond donors (Lipinski definition) is 5. The number of carboxylic acid groups (broad SMARTS) is 1. The lowest BCUT2D eigenvalue weighted by Gasteiger charge is -2.20. The Balaban J connectivity index is 1.91. The fourth-order valence-electron chi connectivity index (χ4n) is 2.48. The van der Waals surface area contributed by atoms with Gasteiger partial charge in [-0.3, -0.25) is 9.59 Å². The van der Waals surface area contributed by atoms with Gasteiger partial charge in [0.05, 0.1) is 0 Å². The van der Waals surface area contributed by atoms with E-state index in [1.165, 1.54) is 0 Å². The summed E-state index contributed by atoms with van der Waals surface area (Å²) < 4.78 is 0. The monoisotopic (exact) mass is 386 g/mol. The number of carbonyl (C=O) groups excluding carboxylic acids is 2. The molecule has 0 aliphatic heterocycles. The molecule has 0 bridgehead atoms. The van der Waals surface area contributed by atoms with Crippen molar-refractivity contribution in [2.45, 2.75) is 31.2 Å². The molecule has 0 heterocycles. The predicted octanol–water partition coefficient (Wildman–Crippen LogP) is -0.163. The maximum Gasteiger partial charge on any atom is 0.326 e. The van der Waals surface area contributed by atoms with Gasteiger partial charge in [-0.25, -0.2) is 4.79 Å². The molecular weight excluding hydrogens is 364 g/mol. The Kier molecular flexibility index (Phi) is 7.67. The normalized spacial score (nSPS) is 13.8. The summed E-state index contributed by atoms with van der Waals surface area (Å²) in [4.78, 5) is 35.4. The fraction of sp³-hybridized carbons (Fsp3) is 0.250. The van der Waals surface area contributed by atoms with Crippen LogP contribution in [-0.2, 0) is 27.3 Å². The third kappa shape index (κ3) is 6.19. The predicted molar refractivity (Wildman–Crippen MR) is 100 cm³/mol. The minimum Gasteiger partial charge on any atom is -0.480 e. The van der Waals surface area contributed by atoms with Crippen LogP contribution in [0.4, 0.5) is 0 Å². The van der Waals surface area contributed by atoms with Gasteiger partial charge in [0.2, 0.25) is 0 Å². The van der Waals surface area contributed by atoms with Crippen molar-refractivity contribution < 1.29 is 29.7 Å². The maximum atomic E-state index is 12.1. The van der Waals surface area contributed by atoms with Gasteiger partial charge in [0.25, 0.3) is 11.8 Å². The molecule has 0 fully saturated rings. The van der Waals surface area contributed by atoms with Gasteiger partial charge in [-0.15, -0.1) is 0 Å². The topological polar surface area (TPSA) is 136 Å². The second kappa shape index (κ2) is 10.2. The van der Waals surface area contributed by atoms with Crippen LogP contribution in [0.25, 0.3) is 0 Å². The summed E-state index contributed by atoms with van der Waals surface area (Å²) in [5.74, 6) is -3.39. The summed E-state index contributed by atoms with van der Waals surface area (Å²) >= 11 is 0. The Hall–Kier alpha value is -3.23. The number of aliphatic hydroxyl groups is 2. The first kappa shape index (κ1) is 21.1. The number of hydrogen-bond acceptors (Lipinski definition) is 5. The van der Waals surface area contributed by atoms with Crippen molar-refractivity contribution in [3.63, 3.8) is 0 Å². The van der Waals surface area contributed by atoms with Crippen molar-refractivity contribution >= 4 is 17.8 Å². The second-order valence-electron chi connectivity index (χ2n) is 6.18. The Morgan fingerprint density at radius 3 is 1.82 bits per heavy atom. The largest absolute Gasteiger partial charge is 0.480 e. The van der Waals surface area contributed by atoms with Crippen LogP contribution in [0.3, 0.4) is 0 Å². The molecule has 2 unspecified atom stereocenters. The number of carboxylic acids is 1. The van der Waals surface area contributed by atoms with Gasteiger partial charge in [0.1, 0.15) is 6.04 Å². The molecule has 0 aliphatic carbocycles. The molecule has 0 saturated carbocycles. The number of rotatable bonds is 9. The van der Waals surface area contributed by atoms with Crippen LogP contribution in [-0.4, -0.2) is 51.4 Å². The summed E-state index contributed by atoms with van der Waals surface area (Å²) in [6.07, 6.45) is -4.14. The number of amides is 2. The third-order valence-corrected chi connectivity index (χ3v) is 4.04.